The zero-order valence-corrected chi connectivity index (χ0v) is 12.9. The summed E-state index contributed by atoms with van der Waals surface area (Å²) in [4.78, 5) is 12.7. The molecule has 7 heteroatoms. The van der Waals surface area contributed by atoms with Gasteiger partial charge in [0.15, 0.2) is 0 Å². The number of thiophene rings is 1. The summed E-state index contributed by atoms with van der Waals surface area (Å²) in [6.45, 7) is 6.21. The van der Waals surface area contributed by atoms with Crippen molar-refractivity contribution in [2.45, 2.75) is 37.4 Å². The molecule has 1 aromatic heterocycles. The van der Waals surface area contributed by atoms with E-state index in [4.69, 9.17) is 0 Å². The summed E-state index contributed by atoms with van der Waals surface area (Å²) < 4.78 is 27.0. The molecule has 2 heterocycles. The molecule has 0 bridgehead atoms. The zero-order valence-electron chi connectivity index (χ0n) is 11.3. The van der Waals surface area contributed by atoms with Crippen LogP contribution >= 0.6 is 11.3 Å². The second-order valence-corrected chi connectivity index (χ2v) is 8.11. The van der Waals surface area contributed by atoms with Gasteiger partial charge in [0.2, 0.25) is 5.91 Å². The van der Waals surface area contributed by atoms with Crippen LogP contribution in [0.15, 0.2) is 10.3 Å². The van der Waals surface area contributed by atoms with Gasteiger partial charge in [-0.1, -0.05) is 0 Å². The van der Waals surface area contributed by atoms with Crippen molar-refractivity contribution in [2.75, 3.05) is 13.1 Å². The second kappa shape index (κ2) is 5.22. The number of amides is 1. The zero-order chi connectivity index (χ0) is 14.2. The predicted octanol–water partition coefficient (Wildman–Crippen LogP) is 1.26. The number of aryl methyl sites for hydroxylation is 2. The SMILES string of the molecule is Cc1cc(C)c(S(=O)(=O)N2CCCNC(=O)C2C)s1. The van der Waals surface area contributed by atoms with E-state index in [9.17, 15) is 13.2 Å². The van der Waals surface area contributed by atoms with E-state index in [0.29, 0.717) is 23.7 Å². The van der Waals surface area contributed by atoms with E-state index >= 15 is 0 Å². The normalized spacial score (nSPS) is 22.1. The summed E-state index contributed by atoms with van der Waals surface area (Å²) in [5.41, 5.74) is 0.749. The molecule has 1 N–H and O–H groups in total. The van der Waals surface area contributed by atoms with Crippen molar-refractivity contribution < 1.29 is 13.2 Å². The average Bonchev–Trinajstić information content (AvgIpc) is 2.57. The highest BCUT2D eigenvalue weighted by molar-refractivity contribution is 7.91. The molecule has 1 aromatic rings. The quantitative estimate of drug-likeness (QED) is 0.894. The molecule has 106 valence electrons. The van der Waals surface area contributed by atoms with Crippen LogP contribution in [0, 0.1) is 13.8 Å². The number of sulfonamides is 1. The van der Waals surface area contributed by atoms with Gasteiger partial charge in [0.1, 0.15) is 10.3 Å². The first-order valence-electron chi connectivity index (χ1n) is 6.20. The summed E-state index contributed by atoms with van der Waals surface area (Å²) in [7, 11) is -3.59. The molecule has 0 aliphatic carbocycles. The van der Waals surface area contributed by atoms with Crippen LogP contribution < -0.4 is 5.32 Å². The lowest BCUT2D eigenvalue weighted by Crippen LogP contribution is -2.45. The molecule has 0 saturated carbocycles. The molecule has 1 unspecified atom stereocenters. The molecule has 0 spiro atoms. The fourth-order valence-electron chi connectivity index (χ4n) is 2.23. The minimum atomic E-state index is -3.59. The maximum absolute atomic E-state index is 12.7. The number of nitrogens with one attached hydrogen (secondary N) is 1. The molecule has 1 atom stereocenters. The van der Waals surface area contributed by atoms with Crippen LogP contribution in [0.25, 0.3) is 0 Å². The third-order valence-electron chi connectivity index (χ3n) is 3.20. The van der Waals surface area contributed by atoms with Crippen LogP contribution in [-0.4, -0.2) is 37.8 Å². The number of rotatable bonds is 2. The maximum atomic E-state index is 12.7. The summed E-state index contributed by atoms with van der Waals surface area (Å²) in [6, 6.07) is 1.20. The van der Waals surface area contributed by atoms with Crippen molar-refractivity contribution in [1.82, 2.24) is 9.62 Å². The first kappa shape index (κ1) is 14.5. The molecule has 1 fully saturated rings. The largest absolute Gasteiger partial charge is 0.355 e. The van der Waals surface area contributed by atoms with E-state index in [2.05, 4.69) is 5.32 Å². The first-order valence-corrected chi connectivity index (χ1v) is 8.46. The molecule has 1 aliphatic heterocycles. The van der Waals surface area contributed by atoms with E-state index in [1.165, 1.54) is 15.6 Å². The molecule has 1 amide bonds. The monoisotopic (exact) mass is 302 g/mol. The smallest absolute Gasteiger partial charge is 0.253 e. The van der Waals surface area contributed by atoms with Gasteiger partial charge in [-0.05, 0) is 38.8 Å². The fourth-order valence-corrected chi connectivity index (χ4v) is 5.64. The van der Waals surface area contributed by atoms with Crippen molar-refractivity contribution >= 4 is 27.3 Å². The molecule has 0 radical (unpaired) electrons. The van der Waals surface area contributed by atoms with Crippen LogP contribution in [0.3, 0.4) is 0 Å². The van der Waals surface area contributed by atoms with E-state index in [-0.39, 0.29) is 5.91 Å². The first-order chi connectivity index (χ1) is 8.84. The average molecular weight is 302 g/mol. The number of carbonyl (C=O) groups is 1. The Bertz CT molecular complexity index is 592. The van der Waals surface area contributed by atoms with E-state index in [0.717, 1.165) is 10.4 Å². The summed E-state index contributed by atoms with van der Waals surface area (Å²) in [6.07, 6.45) is 0.638. The Morgan fingerprint density at radius 3 is 2.68 bits per heavy atom. The molecule has 5 nitrogen and oxygen atoms in total. The van der Waals surface area contributed by atoms with Gasteiger partial charge in [0.25, 0.3) is 10.0 Å². The number of carbonyl (C=O) groups excluding carboxylic acids is 1. The fraction of sp³-hybridized carbons (Fsp3) is 0.583. The van der Waals surface area contributed by atoms with Crippen molar-refractivity contribution in [2.24, 2.45) is 0 Å². The Kier molecular flexibility index (Phi) is 3.98. The van der Waals surface area contributed by atoms with Gasteiger partial charge in [-0.25, -0.2) is 8.42 Å². The molecular weight excluding hydrogens is 284 g/mol. The van der Waals surface area contributed by atoms with Crippen molar-refractivity contribution in [3.63, 3.8) is 0 Å². The van der Waals surface area contributed by atoms with Gasteiger partial charge in [0, 0.05) is 18.0 Å². The van der Waals surface area contributed by atoms with E-state index in [1.807, 2.05) is 13.0 Å². The lowest BCUT2D eigenvalue weighted by Gasteiger charge is -2.24. The summed E-state index contributed by atoms with van der Waals surface area (Å²) in [5.74, 6) is -0.230. The Hall–Kier alpha value is -0.920. The van der Waals surface area contributed by atoms with Crippen LogP contribution in [0.4, 0.5) is 0 Å². The number of nitrogens with zero attached hydrogens (tertiary/aromatic N) is 1. The van der Waals surface area contributed by atoms with Crippen LogP contribution in [-0.2, 0) is 14.8 Å². The number of hydrogen-bond donors (Lipinski definition) is 1. The maximum Gasteiger partial charge on any atom is 0.253 e. The summed E-state index contributed by atoms with van der Waals surface area (Å²) >= 11 is 1.26. The molecule has 0 aromatic carbocycles. The Morgan fingerprint density at radius 2 is 2.11 bits per heavy atom. The number of hydrogen-bond acceptors (Lipinski definition) is 4. The van der Waals surface area contributed by atoms with Crippen LogP contribution in [0.1, 0.15) is 23.8 Å². The van der Waals surface area contributed by atoms with Gasteiger partial charge in [-0.15, -0.1) is 11.3 Å². The Balaban J connectivity index is 2.43. The Labute approximate surface area is 117 Å². The molecular formula is C12H18N2O3S2. The highest BCUT2D eigenvalue weighted by atomic mass is 32.2. The minimum absolute atomic E-state index is 0.230. The molecule has 1 aliphatic rings. The van der Waals surface area contributed by atoms with Gasteiger partial charge < -0.3 is 5.32 Å². The third-order valence-corrected chi connectivity index (χ3v) is 6.94. The second-order valence-electron chi connectivity index (χ2n) is 4.76. The van der Waals surface area contributed by atoms with Crippen molar-refractivity contribution in [3.8, 4) is 0 Å². The molecule has 1 saturated heterocycles. The highest BCUT2D eigenvalue weighted by Gasteiger charge is 2.35. The minimum Gasteiger partial charge on any atom is -0.355 e. The van der Waals surface area contributed by atoms with Crippen molar-refractivity contribution in [1.29, 1.82) is 0 Å². The lowest BCUT2D eigenvalue weighted by molar-refractivity contribution is -0.123. The highest BCUT2D eigenvalue weighted by Crippen LogP contribution is 2.30. The topological polar surface area (TPSA) is 66.5 Å². The van der Waals surface area contributed by atoms with E-state index in [1.54, 1.807) is 13.8 Å². The lowest BCUT2D eigenvalue weighted by atomic mass is 10.3. The van der Waals surface area contributed by atoms with Crippen molar-refractivity contribution in [3.05, 3.63) is 16.5 Å². The van der Waals surface area contributed by atoms with Gasteiger partial charge >= 0.3 is 0 Å². The van der Waals surface area contributed by atoms with Crippen LogP contribution in [0.2, 0.25) is 0 Å². The third kappa shape index (κ3) is 2.68. The van der Waals surface area contributed by atoms with Gasteiger partial charge in [-0.3, -0.25) is 4.79 Å². The summed E-state index contributed by atoms with van der Waals surface area (Å²) in [5, 5.41) is 2.73. The van der Waals surface area contributed by atoms with Gasteiger partial charge in [-0.2, -0.15) is 4.31 Å². The molecule has 19 heavy (non-hydrogen) atoms. The van der Waals surface area contributed by atoms with Crippen LogP contribution in [0.5, 0.6) is 0 Å². The van der Waals surface area contributed by atoms with E-state index < -0.39 is 16.1 Å². The Morgan fingerprint density at radius 1 is 1.42 bits per heavy atom. The predicted molar refractivity (Wildman–Crippen MR) is 74.8 cm³/mol. The molecule has 2 rings (SSSR count). The van der Waals surface area contributed by atoms with Gasteiger partial charge in [0.05, 0.1) is 0 Å². The standard InChI is InChI=1S/C12H18N2O3S2/c1-8-7-9(2)18-12(8)19(16,17)14-6-4-5-13-11(15)10(14)3/h7,10H,4-6H2,1-3H3,(H,13,15).